The van der Waals surface area contributed by atoms with E-state index in [1.165, 1.54) is 50.8 Å². The minimum absolute atomic E-state index is 0.0425. The molecular weight excluding hydrogens is 826 g/mol. The Kier molecular flexibility index (Phi) is 11.8. The number of nitro benzene ring substituents is 1. The molecule has 16 heteroatoms. The van der Waals surface area contributed by atoms with Crippen molar-refractivity contribution in [2.45, 2.75) is 82.7 Å². The summed E-state index contributed by atoms with van der Waals surface area (Å²) in [7, 11) is -4.62. The van der Waals surface area contributed by atoms with Gasteiger partial charge in [-0.2, -0.15) is 0 Å². The fourth-order valence-corrected chi connectivity index (χ4v) is 11.6. The number of carbonyl (C=O) groups excluding carboxylic acids is 1. The van der Waals surface area contributed by atoms with Gasteiger partial charge in [-0.3, -0.25) is 19.8 Å². The molecule has 1 amide bonds. The second-order valence-corrected chi connectivity index (χ2v) is 21.1. The molecule has 2 aliphatic heterocycles. The molecule has 5 fully saturated rings. The Morgan fingerprint density at radius 1 is 1.03 bits per heavy atom. The fraction of sp³-hybridized carbons (Fsp3) is 0.532. The molecule has 3 saturated carbocycles. The number of sulfonamides is 1. The quantitative estimate of drug-likeness (QED) is 0.0667. The van der Waals surface area contributed by atoms with Crippen LogP contribution in [0.15, 0.2) is 77.0 Å². The first-order valence-corrected chi connectivity index (χ1v) is 23.9. The van der Waals surface area contributed by atoms with E-state index in [0.29, 0.717) is 16.8 Å². The van der Waals surface area contributed by atoms with Crippen LogP contribution in [0.2, 0.25) is 0 Å². The van der Waals surface area contributed by atoms with Crippen LogP contribution in [-0.2, 0) is 14.8 Å². The van der Waals surface area contributed by atoms with Crippen LogP contribution in [0, 0.1) is 39.2 Å². The number of hydrogen-bond acceptors (Lipinski definition) is 11. The molecule has 1 unspecified atom stereocenters. The summed E-state index contributed by atoms with van der Waals surface area (Å²) in [5.74, 6) is 2.83. The molecule has 2 bridgehead atoms. The number of nitrogens with one attached hydrogen (secondary N) is 3. The van der Waals surface area contributed by atoms with Gasteiger partial charge in [-0.05, 0) is 104 Å². The number of fused-ring (bicyclic) bond motifs is 3. The van der Waals surface area contributed by atoms with Gasteiger partial charge in [0.2, 0.25) is 0 Å². The van der Waals surface area contributed by atoms with Crippen LogP contribution in [0.3, 0.4) is 0 Å². The third-order valence-electron chi connectivity index (χ3n) is 14.5. The third kappa shape index (κ3) is 9.30. The Hall–Kier alpha value is -5.06. The van der Waals surface area contributed by atoms with Gasteiger partial charge >= 0.3 is 0 Å². The molecule has 2 aromatic carbocycles. The first kappa shape index (κ1) is 43.2. The number of ether oxygens (including phenoxy) is 2. The number of alkyl halides is 1. The summed E-state index contributed by atoms with van der Waals surface area (Å²) in [5.41, 5.74) is 2.96. The molecule has 4 heterocycles. The van der Waals surface area contributed by atoms with E-state index < -0.39 is 37.1 Å². The van der Waals surface area contributed by atoms with Gasteiger partial charge in [0.25, 0.3) is 21.6 Å². The lowest BCUT2D eigenvalue weighted by molar-refractivity contribution is -0.384. The number of carbonyl (C=O) groups is 1. The molecule has 0 spiro atoms. The maximum absolute atomic E-state index is 15.2. The van der Waals surface area contributed by atoms with Crippen LogP contribution in [0.4, 0.5) is 21.5 Å². The molecule has 14 nitrogen and oxygen atoms in total. The highest BCUT2D eigenvalue weighted by Gasteiger charge is 2.47. The fourth-order valence-electron chi connectivity index (χ4n) is 10.6. The number of anilines is 2. The summed E-state index contributed by atoms with van der Waals surface area (Å²) in [6.45, 7) is 11.9. The van der Waals surface area contributed by atoms with Gasteiger partial charge in [0.15, 0.2) is 0 Å². The number of allylic oxidation sites excluding steroid dienone is 1. The van der Waals surface area contributed by atoms with Crippen LogP contribution >= 0.6 is 0 Å². The Balaban J connectivity index is 0.922. The first-order chi connectivity index (χ1) is 30.1. The summed E-state index contributed by atoms with van der Waals surface area (Å²) < 4.78 is 56.3. The van der Waals surface area contributed by atoms with E-state index in [9.17, 15) is 23.3 Å². The zero-order valence-corrected chi connectivity index (χ0v) is 37.1. The minimum atomic E-state index is -4.62. The minimum Gasteiger partial charge on any atom is -0.455 e. The molecule has 336 valence electrons. The standard InChI is InChI=1S/C47H58FN7O7S/c1-30-20-39(34-21-33(30)22-34)40-26-46(2,3)10-8-32(40)28-53-14-16-54(17-15-53)35-4-6-38(43(24-35)62-36-23-31-9-13-49-44(31)50-27-36)45(56)52-63(59,60)37-5-7-41(42(25-37)55(57)58)51-29-47(48)11-18-61-19-12-47/h4-7,9,13,23-25,27,30,33-34,39,51H,8,10-12,14-22,26,28-29H2,1-3H3,(H,49,50)(H,52,56)/t30?,33?,34?,39-/m1/s1. The average Bonchev–Trinajstić information content (AvgIpc) is 3.71. The third-order valence-corrected chi connectivity index (χ3v) is 15.9. The number of nitrogens with zero attached hydrogens (tertiary/aromatic N) is 4. The highest BCUT2D eigenvalue weighted by molar-refractivity contribution is 7.90. The van der Waals surface area contributed by atoms with E-state index in [1.54, 1.807) is 41.6 Å². The van der Waals surface area contributed by atoms with Crippen molar-refractivity contribution in [1.82, 2.24) is 19.6 Å². The van der Waals surface area contributed by atoms with E-state index in [4.69, 9.17) is 9.47 Å². The number of piperazine rings is 1. The largest absolute Gasteiger partial charge is 0.455 e. The molecule has 2 aromatic heterocycles. The molecule has 4 aromatic rings. The molecule has 10 rings (SSSR count). The van der Waals surface area contributed by atoms with Crippen LogP contribution in [0.1, 0.15) is 82.5 Å². The SMILES string of the molecule is CC1C[C@@H](C2=C(CN3CCN(c4ccc(C(=O)NS(=O)(=O)c5ccc(NCC6(F)CCOCC6)c([N+](=O)[O-])c5)c(Oc5cnc6[nH]ccc6c5)c4)CC3)CCC(C)(C)C2)C2CC1C2. The molecule has 2 atom stereocenters. The summed E-state index contributed by atoms with van der Waals surface area (Å²) in [6.07, 6.45) is 11.3. The topological polar surface area (TPSA) is 172 Å². The second-order valence-electron chi connectivity index (χ2n) is 19.4. The Bertz CT molecular complexity index is 2520. The number of H-pyrrole nitrogens is 1. The van der Waals surface area contributed by atoms with Gasteiger partial charge in [0, 0.05) is 94.7 Å². The number of halogens is 1. The van der Waals surface area contributed by atoms with Gasteiger partial charge in [-0.1, -0.05) is 31.9 Å². The zero-order chi connectivity index (χ0) is 44.1. The number of rotatable bonds is 13. The average molecular weight is 884 g/mol. The van der Waals surface area contributed by atoms with Crippen LogP contribution in [-0.4, -0.2) is 92.3 Å². The molecule has 6 aliphatic rings. The molecule has 4 aliphatic carbocycles. The Morgan fingerprint density at radius 2 is 1.81 bits per heavy atom. The van der Waals surface area contributed by atoms with Crippen molar-refractivity contribution in [2.75, 3.05) is 62.7 Å². The van der Waals surface area contributed by atoms with Crippen molar-refractivity contribution in [3.8, 4) is 11.5 Å². The first-order valence-electron chi connectivity index (χ1n) is 22.4. The lowest BCUT2D eigenvalue weighted by Gasteiger charge is -2.53. The summed E-state index contributed by atoms with van der Waals surface area (Å²) in [4.78, 5) is 37.1. The number of amides is 1. The van der Waals surface area contributed by atoms with Gasteiger partial charge in [-0.15, -0.1) is 0 Å². The molecule has 0 radical (unpaired) electrons. The number of aromatic nitrogens is 2. The summed E-state index contributed by atoms with van der Waals surface area (Å²) >= 11 is 0. The lowest BCUT2D eigenvalue weighted by Crippen LogP contribution is -2.48. The van der Waals surface area contributed by atoms with E-state index in [-0.39, 0.29) is 49.6 Å². The van der Waals surface area contributed by atoms with Crippen molar-refractivity contribution >= 4 is 44.0 Å². The second kappa shape index (κ2) is 17.1. The molecule has 3 N–H and O–H groups in total. The number of pyridine rings is 1. The van der Waals surface area contributed by atoms with Crippen molar-refractivity contribution < 1.29 is 32.0 Å². The number of aromatic amines is 1. The predicted octanol–water partition coefficient (Wildman–Crippen LogP) is 8.62. The predicted molar refractivity (Wildman–Crippen MR) is 240 cm³/mol. The van der Waals surface area contributed by atoms with Gasteiger partial charge in [0.05, 0.1) is 21.6 Å². The molecular formula is C47H58FN7O7S. The normalized spacial score (nSPS) is 24.7. The maximum atomic E-state index is 15.2. The smallest absolute Gasteiger partial charge is 0.293 e. The number of benzene rings is 2. The highest BCUT2D eigenvalue weighted by Crippen LogP contribution is 2.57. The number of nitro groups is 1. The van der Waals surface area contributed by atoms with Crippen molar-refractivity contribution in [2.24, 2.45) is 29.1 Å². The van der Waals surface area contributed by atoms with E-state index in [2.05, 4.69) is 50.6 Å². The Labute approximate surface area is 368 Å². The van der Waals surface area contributed by atoms with E-state index >= 15 is 4.39 Å². The molecule has 63 heavy (non-hydrogen) atoms. The Morgan fingerprint density at radius 3 is 2.56 bits per heavy atom. The van der Waals surface area contributed by atoms with E-state index in [0.717, 1.165) is 79.6 Å². The lowest BCUT2D eigenvalue weighted by atomic mass is 9.52. The van der Waals surface area contributed by atoms with Gasteiger partial charge < -0.3 is 24.7 Å². The maximum Gasteiger partial charge on any atom is 0.293 e. The summed E-state index contributed by atoms with van der Waals surface area (Å²) in [6, 6.07) is 11.9. The monoisotopic (exact) mass is 883 g/mol. The van der Waals surface area contributed by atoms with Crippen LogP contribution < -0.4 is 19.7 Å². The van der Waals surface area contributed by atoms with Gasteiger partial charge in [-0.25, -0.2) is 22.5 Å². The van der Waals surface area contributed by atoms with Crippen LogP contribution in [0.5, 0.6) is 11.5 Å². The summed E-state index contributed by atoms with van der Waals surface area (Å²) in [5, 5.41) is 15.6. The zero-order valence-electron chi connectivity index (χ0n) is 36.3. The molecule has 2 saturated heterocycles. The van der Waals surface area contributed by atoms with Gasteiger partial charge in [0.1, 0.15) is 28.5 Å². The van der Waals surface area contributed by atoms with E-state index in [1.807, 2.05) is 6.07 Å². The number of hydrogen-bond donors (Lipinski definition) is 3. The van der Waals surface area contributed by atoms with Crippen molar-refractivity contribution in [3.63, 3.8) is 0 Å². The van der Waals surface area contributed by atoms with Crippen LogP contribution in [0.25, 0.3) is 11.0 Å². The highest BCUT2D eigenvalue weighted by atomic mass is 32.2. The van der Waals surface area contributed by atoms with Crippen molar-refractivity contribution in [3.05, 3.63) is 87.7 Å². The van der Waals surface area contributed by atoms with Crippen molar-refractivity contribution in [1.29, 1.82) is 0 Å².